The second kappa shape index (κ2) is 8.98. The van der Waals surface area contributed by atoms with Crippen molar-refractivity contribution in [1.29, 1.82) is 5.26 Å². The van der Waals surface area contributed by atoms with Crippen LogP contribution in [0.4, 0.5) is 0 Å². The van der Waals surface area contributed by atoms with E-state index < -0.39 is 0 Å². The molecule has 1 amide bonds. The predicted molar refractivity (Wildman–Crippen MR) is 111 cm³/mol. The van der Waals surface area contributed by atoms with Crippen molar-refractivity contribution in [1.82, 2.24) is 5.32 Å². The summed E-state index contributed by atoms with van der Waals surface area (Å²) in [5, 5.41) is 15.8. The lowest BCUT2D eigenvalue weighted by molar-refractivity contribution is 0.0974. The normalized spacial score (nSPS) is 10.6. The summed E-state index contributed by atoms with van der Waals surface area (Å²) >= 11 is 1.18. The zero-order valence-electron chi connectivity index (χ0n) is 15.6. The van der Waals surface area contributed by atoms with Gasteiger partial charge < -0.3 is 10.2 Å². The Kier molecular flexibility index (Phi) is 6.20. The summed E-state index contributed by atoms with van der Waals surface area (Å²) in [4.78, 5) is 18.7. The molecule has 140 valence electrons. The number of thiophene rings is 1. The number of hydrogen-bond acceptors (Lipinski definition) is 5. The number of carbonyl (C=O) groups is 1. The first-order chi connectivity index (χ1) is 13.6. The van der Waals surface area contributed by atoms with Gasteiger partial charge in [0.1, 0.15) is 23.9 Å². The van der Waals surface area contributed by atoms with Gasteiger partial charge in [0.25, 0.3) is 5.91 Å². The zero-order valence-corrected chi connectivity index (χ0v) is 16.4. The molecule has 0 fully saturated rings. The van der Waals surface area contributed by atoms with E-state index in [2.05, 4.69) is 16.5 Å². The highest BCUT2D eigenvalue weighted by molar-refractivity contribution is 7.15. The van der Waals surface area contributed by atoms with E-state index in [9.17, 15) is 10.1 Å². The van der Waals surface area contributed by atoms with Crippen molar-refractivity contribution in [3.05, 3.63) is 81.0 Å². The van der Waals surface area contributed by atoms with Crippen molar-refractivity contribution >= 4 is 23.6 Å². The number of hydrogen-bond donors (Lipinski definition) is 1. The average molecular weight is 389 g/mol. The molecule has 3 aromatic rings. The van der Waals surface area contributed by atoms with E-state index in [1.807, 2.05) is 68.4 Å². The maximum atomic E-state index is 12.5. The molecule has 0 saturated carbocycles. The summed E-state index contributed by atoms with van der Waals surface area (Å²) in [5.41, 5.74) is 4.67. The summed E-state index contributed by atoms with van der Waals surface area (Å²) in [6, 6.07) is 19.7. The first kappa shape index (κ1) is 19.3. The molecule has 3 rings (SSSR count). The van der Waals surface area contributed by atoms with Crippen LogP contribution in [0, 0.1) is 25.2 Å². The van der Waals surface area contributed by atoms with Crippen molar-refractivity contribution < 1.29 is 9.63 Å². The van der Waals surface area contributed by atoms with Crippen LogP contribution in [0.3, 0.4) is 0 Å². The van der Waals surface area contributed by atoms with Gasteiger partial charge in [0.15, 0.2) is 0 Å². The monoisotopic (exact) mass is 389 g/mol. The topological polar surface area (TPSA) is 74.5 Å². The molecule has 1 N–H and O–H groups in total. The van der Waals surface area contributed by atoms with Crippen molar-refractivity contribution in [2.75, 3.05) is 0 Å². The molecule has 0 bridgehead atoms. The third kappa shape index (κ3) is 4.45. The molecule has 0 spiro atoms. The van der Waals surface area contributed by atoms with E-state index >= 15 is 0 Å². The van der Waals surface area contributed by atoms with Crippen LogP contribution < -0.4 is 5.32 Å². The van der Waals surface area contributed by atoms with Crippen LogP contribution in [0.1, 0.15) is 31.2 Å². The lowest BCUT2D eigenvalue weighted by Crippen LogP contribution is -2.21. The molecule has 0 saturated heterocycles. The van der Waals surface area contributed by atoms with Crippen molar-refractivity contribution in [2.45, 2.75) is 20.5 Å². The Hall–Kier alpha value is -3.43. The molecule has 0 atom stereocenters. The third-order valence-electron chi connectivity index (χ3n) is 4.19. The average Bonchev–Trinajstić information content (AvgIpc) is 3.06. The molecule has 0 unspecified atom stereocenters. The second-order valence-corrected chi connectivity index (χ2v) is 7.23. The Labute approximate surface area is 167 Å². The van der Waals surface area contributed by atoms with E-state index in [0.717, 1.165) is 22.3 Å². The number of rotatable bonds is 6. The number of oxime groups is 1. The van der Waals surface area contributed by atoms with E-state index in [-0.39, 0.29) is 5.91 Å². The van der Waals surface area contributed by atoms with Gasteiger partial charge in [0, 0.05) is 5.56 Å². The number of aryl methyl sites for hydroxylation is 1. The summed E-state index contributed by atoms with van der Waals surface area (Å²) in [6.07, 6.45) is 1.23. The summed E-state index contributed by atoms with van der Waals surface area (Å²) < 4.78 is 0. The molecule has 5 nitrogen and oxygen atoms in total. The molecule has 0 radical (unpaired) electrons. The maximum Gasteiger partial charge on any atom is 0.266 e. The molecule has 2 aromatic carbocycles. The van der Waals surface area contributed by atoms with Crippen LogP contribution in [0.15, 0.2) is 59.8 Å². The minimum absolute atomic E-state index is 0.316. The number of nitrogens with zero attached hydrogens (tertiary/aromatic N) is 2. The molecule has 0 aliphatic heterocycles. The highest BCUT2D eigenvalue weighted by atomic mass is 32.1. The number of carbonyl (C=O) groups excluding carboxylic acids is 1. The highest BCUT2D eigenvalue weighted by Gasteiger charge is 2.20. The van der Waals surface area contributed by atoms with Crippen LogP contribution >= 0.6 is 11.3 Å². The highest BCUT2D eigenvalue weighted by Crippen LogP contribution is 2.35. The van der Waals surface area contributed by atoms with Crippen LogP contribution in [0.2, 0.25) is 0 Å². The molecule has 1 heterocycles. The fourth-order valence-corrected chi connectivity index (χ4v) is 3.77. The summed E-state index contributed by atoms with van der Waals surface area (Å²) in [6.45, 7) is 4.19. The quantitative estimate of drug-likeness (QED) is 0.374. The Morgan fingerprint density at radius 3 is 2.57 bits per heavy atom. The standard InChI is InChI=1S/C22H19N3O2S/c1-15-8-10-17(11-9-15)13-27-25-14-24-22(26)21-16(2)20(19(12-23)28-21)18-6-4-3-5-7-18/h3-11,14H,13H2,1-2H3,(H,24,25,26). The summed E-state index contributed by atoms with van der Waals surface area (Å²) in [5.74, 6) is -0.316. The van der Waals surface area contributed by atoms with Gasteiger partial charge in [-0.05, 0) is 30.5 Å². The molecule has 28 heavy (non-hydrogen) atoms. The van der Waals surface area contributed by atoms with Crippen LogP contribution in [-0.2, 0) is 11.4 Å². The lowest BCUT2D eigenvalue weighted by atomic mass is 10.0. The molecule has 6 heteroatoms. The van der Waals surface area contributed by atoms with Crippen LogP contribution in [0.25, 0.3) is 11.1 Å². The maximum absolute atomic E-state index is 12.5. The van der Waals surface area contributed by atoms with Gasteiger partial charge >= 0.3 is 0 Å². The molecule has 0 aliphatic carbocycles. The lowest BCUT2D eigenvalue weighted by Gasteiger charge is -2.03. The Bertz CT molecular complexity index is 1030. The number of nitrogens with one attached hydrogen (secondary N) is 1. The Morgan fingerprint density at radius 2 is 1.89 bits per heavy atom. The minimum Gasteiger partial charge on any atom is -0.390 e. The van der Waals surface area contributed by atoms with E-state index in [0.29, 0.717) is 16.4 Å². The van der Waals surface area contributed by atoms with E-state index in [4.69, 9.17) is 4.84 Å². The van der Waals surface area contributed by atoms with Crippen LogP contribution in [0.5, 0.6) is 0 Å². The summed E-state index contributed by atoms with van der Waals surface area (Å²) in [7, 11) is 0. The van der Waals surface area contributed by atoms with Gasteiger partial charge in [-0.1, -0.05) is 65.3 Å². The SMILES string of the molecule is Cc1ccc(CO/N=C/NC(=O)c2sc(C#N)c(-c3ccccc3)c2C)cc1. The zero-order chi connectivity index (χ0) is 19.9. The first-order valence-electron chi connectivity index (χ1n) is 8.69. The Morgan fingerprint density at radius 1 is 1.18 bits per heavy atom. The van der Waals surface area contributed by atoms with E-state index in [1.165, 1.54) is 23.2 Å². The molecule has 0 aliphatic rings. The van der Waals surface area contributed by atoms with E-state index in [1.54, 1.807) is 0 Å². The minimum atomic E-state index is -0.316. The van der Waals surface area contributed by atoms with Gasteiger partial charge in [-0.2, -0.15) is 5.26 Å². The molecular formula is C22H19N3O2S. The van der Waals surface area contributed by atoms with Crippen molar-refractivity contribution in [3.63, 3.8) is 0 Å². The fraction of sp³-hybridized carbons (Fsp3) is 0.136. The van der Waals surface area contributed by atoms with Gasteiger partial charge in [-0.25, -0.2) is 0 Å². The predicted octanol–water partition coefficient (Wildman–Crippen LogP) is 4.79. The number of benzene rings is 2. The largest absolute Gasteiger partial charge is 0.390 e. The Balaban J connectivity index is 1.65. The molecular weight excluding hydrogens is 370 g/mol. The first-order valence-corrected chi connectivity index (χ1v) is 9.51. The number of amides is 1. The smallest absolute Gasteiger partial charge is 0.266 e. The van der Waals surface area contributed by atoms with Crippen molar-refractivity contribution in [3.8, 4) is 17.2 Å². The molecule has 1 aromatic heterocycles. The van der Waals surface area contributed by atoms with Gasteiger partial charge in [-0.15, -0.1) is 11.3 Å². The number of nitriles is 1. The van der Waals surface area contributed by atoms with Gasteiger partial charge in [-0.3, -0.25) is 4.79 Å². The third-order valence-corrected chi connectivity index (χ3v) is 5.39. The van der Waals surface area contributed by atoms with Crippen LogP contribution in [-0.4, -0.2) is 12.2 Å². The van der Waals surface area contributed by atoms with Crippen molar-refractivity contribution in [2.24, 2.45) is 5.16 Å². The van der Waals surface area contributed by atoms with Gasteiger partial charge in [0.2, 0.25) is 0 Å². The fourth-order valence-electron chi connectivity index (χ4n) is 2.75. The second-order valence-electron chi connectivity index (χ2n) is 6.21. The van der Waals surface area contributed by atoms with Gasteiger partial charge in [0.05, 0.1) is 4.88 Å².